The number of aliphatic hydroxyl groups is 1. The summed E-state index contributed by atoms with van der Waals surface area (Å²) < 4.78 is 5.49. The van der Waals surface area contributed by atoms with Crippen LogP contribution in [0.25, 0.3) is 0 Å². The van der Waals surface area contributed by atoms with Crippen LogP contribution in [-0.4, -0.2) is 30.9 Å². The Kier molecular flexibility index (Phi) is 3.74. The number of nitrogen functional groups attached to an aromatic ring is 1. The molecule has 94 valence electrons. The molecule has 3 N–H and O–H groups in total. The molecule has 1 aromatic rings. The quantitative estimate of drug-likeness (QED) is 0.780. The predicted octanol–water partition coefficient (Wildman–Crippen LogP) is 1.63. The van der Waals surface area contributed by atoms with Crippen LogP contribution in [0.5, 0.6) is 5.75 Å². The molecular formula is C13H20N2O2. The van der Waals surface area contributed by atoms with Crippen LogP contribution in [0.4, 0.5) is 11.4 Å². The van der Waals surface area contributed by atoms with Crippen molar-refractivity contribution in [2.45, 2.75) is 25.8 Å². The zero-order valence-electron chi connectivity index (χ0n) is 10.2. The lowest BCUT2D eigenvalue weighted by Gasteiger charge is -2.26. The fourth-order valence-electron chi connectivity index (χ4n) is 2.39. The second-order valence-electron chi connectivity index (χ2n) is 4.37. The molecule has 0 amide bonds. The van der Waals surface area contributed by atoms with E-state index < -0.39 is 0 Å². The van der Waals surface area contributed by atoms with E-state index in [9.17, 15) is 5.11 Å². The summed E-state index contributed by atoms with van der Waals surface area (Å²) in [6, 6.07) is 5.98. The fraction of sp³-hybridized carbons (Fsp3) is 0.538. The van der Waals surface area contributed by atoms with Gasteiger partial charge in [-0.2, -0.15) is 0 Å². The van der Waals surface area contributed by atoms with Gasteiger partial charge in [0.25, 0.3) is 0 Å². The second-order valence-corrected chi connectivity index (χ2v) is 4.37. The van der Waals surface area contributed by atoms with Crippen LogP contribution in [0, 0.1) is 0 Å². The molecule has 1 unspecified atom stereocenters. The third-order valence-corrected chi connectivity index (χ3v) is 3.14. The highest BCUT2D eigenvalue weighted by Gasteiger charge is 2.24. The van der Waals surface area contributed by atoms with Gasteiger partial charge < -0.3 is 20.5 Å². The first-order valence-corrected chi connectivity index (χ1v) is 6.15. The molecule has 1 aromatic carbocycles. The Morgan fingerprint density at radius 2 is 2.29 bits per heavy atom. The van der Waals surface area contributed by atoms with Crippen molar-refractivity contribution in [3.63, 3.8) is 0 Å². The van der Waals surface area contributed by atoms with Crippen molar-refractivity contribution < 1.29 is 9.84 Å². The van der Waals surface area contributed by atoms with E-state index in [1.54, 1.807) is 0 Å². The first-order valence-electron chi connectivity index (χ1n) is 6.15. The first-order chi connectivity index (χ1) is 8.24. The summed E-state index contributed by atoms with van der Waals surface area (Å²) in [7, 11) is 0. The molecule has 1 heterocycles. The summed E-state index contributed by atoms with van der Waals surface area (Å²) in [5.41, 5.74) is 7.62. The van der Waals surface area contributed by atoms with E-state index in [0.717, 1.165) is 30.8 Å². The number of ether oxygens (including phenoxy) is 1. The van der Waals surface area contributed by atoms with Gasteiger partial charge in [0, 0.05) is 30.1 Å². The van der Waals surface area contributed by atoms with E-state index in [4.69, 9.17) is 10.5 Å². The highest BCUT2D eigenvalue weighted by Crippen LogP contribution is 2.30. The van der Waals surface area contributed by atoms with Crippen LogP contribution in [0.2, 0.25) is 0 Å². The number of aliphatic hydroxyl groups excluding tert-OH is 1. The van der Waals surface area contributed by atoms with Crippen LogP contribution in [0.3, 0.4) is 0 Å². The first kappa shape index (κ1) is 12.0. The number of nitrogens with two attached hydrogens (primary N) is 1. The summed E-state index contributed by atoms with van der Waals surface area (Å²) >= 11 is 0. The summed E-state index contributed by atoms with van der Waals surface area (Å²) in [5.74, 6) is 0.797. The standard InChI is InChI=1S/C13H20N2O2/c1-2-17-13-7-10(14)6-12(8-13)15-5-3-4-11(15)9-16/h6-8,11,16H,2-5,9,14H2,1H3. The van der Waals surface area contributed by atoms with Crippen LogP contribution in [0.15, 0.2) is 18.2 Å². The predicted molar refractivity (Wildman–Crippen MR) is 69.5 cm³/mol. The fourth-order valence-corrected chi connectivity index (χ4v) is 2.39. The van der Waals surface area contributed by atoms with E-state index in [-0.39, 0.29) is 12.6 Å². The molecule has 1 saturated heterocycles. The van der Waals surface area contributed by atoms with Gasteiger partial charge in [-0.3, -0.25) is 0 Å². The minimum atomic E-state index is 0.193. The van der Waals surface area contributed by atoms with E-state index in [1.807, 2.05) is 25.1 Å². The number of hydrogen-bond acceptors (Lipinski definition) is 4. The normalized spacial score (nSPS) is 19.6. The van der Waals surface area contributed by atoms with Crippen LogP contribution >= 0.6 is 0 Å². The number of nitrogens with zero attached hydrogens (tertiary/aromatic N) is 1. The summed E-state index contributed by atoms with van der Waals surface area (Å²) in [5, 5.41) is 9.34. The number of benzene rings is 1. The molecule has 1 aliphatic heterocycles. The zero-order valence-corrected chi connectivity index (χ0v) is 10.2. The minimum absolute atomic E-state index is 0.193. The van der Waals surface area contributed by atoms with E-state index >= 15 is 0 Å². The molecule has 4 heteroatoms. The maximum atomic E-state index is 9.34. The topological polar surface area (TPSA) is 58.7 Å². The molecule has 4 nitrogen and oxygen atoms in total. The molecule has 0 aromatic heterocycles. The Hall–Kier alpha value is -1.42. The highest BCUT2D eigenvalue weighted by molar-refractivity contribution is 5.61. The van der Waals surface area contributed by atoms with E-state index in [1.165, 1.54) is 0 Å². The van der Waals surface area contributed by atoms with Crippen LogP contribution < -0.4 is 15.4 Å². The molecule has 1 aliphatic rings. The Morgan fingerprint density at radius 3 is 3.00 bits per heavy atom. The minimum Gasteiger partial charge on any atom is -0.494 e. The molecule has 2 rings (SSSR count). The third kappa shape index (κ3) is 2.64. The monoisotopic (exact) mass is 236 g/mol. The van der Waals surface area contributed by atoms with Gasteiger partial charge in [-0.1, -0.05) is 0 Å². The van der Waals surface area contributed by atoms with Gasteiger partial charge in [-0.15, -0.1) is 0 Å². The molecule has 0 radical (unpaired) electrons. The van der Waals surface area contributed by atoms with Crippen molar-refractivity contribution in [1.29, 1.82) is 0 Å². The highest BCUT2D eigenvalue weighted by atomic mass is 16.5. The van der Waals surface area contributed by atoms with Gasteiger partial charge in [0.15, 0.2) is 0 Å². The third-order valence-electron chi connectivity index (χ3n) is 3.14. The van der Waals surface area contributed by atoms with Gasteiger partial charge in [0.05, 0.1) is 19.3 Å². The van der Waals surface area contributed by atoms with Crippen molar-refractivity contribution >= 4 is 11.4 Å². The van der Waals surface area contributed by atoms with Crippen LogP contribution in [-0.2, 0) is 0 Å². The van der Waals surface area contributed by atoms with Crippen molar-refractivity contribution in [2.24, 2.45) is 0 Å². The lowest BCUT2D eigenvalue weighted by Crippen LogP contribution is -2.32. The molecular weight excluding hydrogens is 216 g/mol. The SMILES string of the molecule is CCOc1cc(N)cc(N2CCCC2CO)c1. The molecule has 0 spiro atoms. The zero-order chi connectivity index (χ0) is 12.3. The molecule has 0 saturated carbocycles. The van der Waals surface area contributed by atoms with Gasteiger partial charge in [0.1, 0.15) is 5.75 Å². The van der Waals surface area contributed by atoms with Gasteiger partial charge >= 0.3 is 0 Å². The molecule has 1 atom stereocenters. The number of rotatable bonds is 4. The maximum Gasteiger partial charge on any atom is 0.123 e. The van der Waals surface area contributed by atoms with Crippen LogP contribution in [0.1, 0.15) is 19.8 Å². The summed E-state index contributed by atoms with van der Waals surface area (Å²) in [4.78, 5) is 2.21. The molecule has 17 heavy (non-hydrogen) atoms. The molecule has 0 bridgehead atoms. The van der Waals surface area contributed by atoms with Gasteiger partial charge in [-0.05, 0) is 25.8 Å². The smallest absolute Gasteiger partial charge is 0.123 e. The number of anilines is 2. The van der Waals surface area contributed by atoms with E-state index in [2.05, 4.69) is 4.90 Å². The average molecular weight is 236 g/mol. The Balaban J connectivity index is 2.24. The number of hydrogen-bond donors (Lipinski definition) is 2. The van der Waals surface area contributed by atoms with Crippen molar-refractivity contribution in [3.05, 3.63) is 18.2 Å². The summed E-state index contributed by atoms with van der Waals surface area (Å²) in [6.07, 6.45) is 2.15. The molecule has 1 fully saturated rings. The lowest BCUT2D eigenvalue weighted by molar-refractivity contribution is 0.266. The Morgan fingerprint density at radius 1 is 1.47 bits per heavy atom. The van der Waals surface area contributed by atoms with Crippen molar-refractivity contribution in [3.8, 4) is 5.75 Å². The largest absolute Gasteiger partial charge is 0.494 e. The Labute approximate surface area is 102 Å². The average Bonchev–Trinajstić information content (AvgIpc) is 2.76. The second kappa shape index (κ2) is 5.27. The van der Waals surface area contributed by atoms with Crippen molar-refractivity contribution in [1.82, 2.24) is 0 Å². The lowest BCUT2D eigenvalue weighted by atomic mass is 10.2. The van der Waals surface area contributed by atoms with Gasteiger partial charge in [-0.25, -0.2) is 0 Å². The Bertz CT molecular complexity index is 382. The van der Waals surface area contributed by atoms with Gasteiger partial charge in [0.2, 0.25) is 0 Å². The summed E-state index contributed by atoms with van der Waals surface area (Å²) in [6.45, 7) is 3.75. The molecule has 0 aliphatic carbocycles. The van der Waals surface area contributed by atoms with E-state index in [0.29, 0.717) is 12.3 Å². The van der Waals surface area contributed by atoms with Crippen molar-refractivity contribution in [2.75, 3.05) is 30.4 Å². The maximum absolute atomic E-state index is 9.34.